The van der Waals surface area contributed by atoms with Crippen LogP contribution in [-0.2, 0) is 0 Å². The van der Waals surface area contributed by atoms with Crippen LogP contribution in [0.2, 0.25) is 5.02 Å². The lowest BCUT2D eigenvalue weighted by Gasteiger charge is -2.20. The van der Waals surface area contributed by atoms with Crippen molar-refractivity contribution in [1.29, 1.82) is 0 Å². The first-order valence-electron chi connectivity index (χ1n) is 5.75. The van der Waals surface area contributed by atoms with Crippen molar-refractivity contribution < 1.29 is 0 Å². The lowest BCUT2D eigenvalue weighted by atomic mass is 9.90. The van der Waals surface area contributed by atoms with Crippen molar-refractivity contribution in [3.05, 3.63) is 34.9 Å². The van der Waals surface area contributed by atoms with Gasteiger partial charge in [-0.15, -0.1) is 0 Å². The number of rotatable bonds is 2. The molecule has 80 valence electrons. The molecule has 2 aliphatic carbocycles. The average Bonchev–Trinajstić information content (AvgIpc) is 2.86. The molecule has 0 heterocycles. The van der Waals surface area contributed by atoms with Crippen LogP contribution in [0.1, 0.15) is 30.9 Å². The quantitative estimate of drug-likeness (QED) is 0.814. The van der Waals surface area contributed by atoms with E-state index in [1.165, 1.54) is 24.8 Å². The summed E-state index contributed by atoms with van der Waals surface area (Å²) in [5.41, 5.74) is 7.53. The third-order valence-corrected chi connectivity index (χ3v) is 4.29. The molecule has 3 rings (SSSR count). The third-order valence-electron chi connectivity index (χ3n) is 4.04. The van der Waals surface area contributed by atoms with Gasteiger partial charge in [-0.25, -0.2) is 0 Å². The first-order valence-corrected chi connectivity index (χ1v) is 6.13. The second-order valence-electron chi connectivity index (χ2n) is 5.06. The van der Waals surface area contributed by atoms with Crippen molar-refractivity contribution in [2.24, 2.45) is 23.5 Å². The van der Waals surface area contributed by atoms with Crippen LogP contribution >= 0.6 is 11.6 Å². The highest BCUT2D eigenvalue weighted by Gasteiger charge is 2.47. The van der Waals surface area contributed by atoms with E-state index in [2.05, 4.69) is 12.1 Å². The first-order chi connectivity index (χ1) is 7.24. The molecule has 3 atom stereocenters. The van der Waals surface area contributed by atoms with Crippen LogP contribution in [-0.4, -0.2) is 0 Å². The zero-order valence-corrected chi connectivity index (χ0v) is 9.45. The van der Waals surface area contributed by atoms with Crippen molar-refractivity contribution in [3.63, 3.8) is 0 Å². The summed E-state index contributed by atoms with van der Waals surface area (Å²) >= 11 is 5.87. The highest BCUT2D eigenvalue weighted by molar-refractivity contribution is 6.30. The zero-order valence-electron chi connectivity index (χ0n) is 8.70. The molecule has 15 heavy (non-hydrogen) atoms. The Balaban J connectivity index is 1.73. The molecule has 2 N–H and O–H groups in total. The van der Waals surface area contributed by atoms with Gasteiger partial charge in [-0.05, 0) is 54.7 Å². The van der Waals surface area contributed by atoms with Crippen molar-refractivity contribution >= 4 is 11.6 Å². The minimum Gasteiger partial charge on any atom is -0.324 e. The van der Waals surface area contributed by atoms with E-state index in [0.29, 0.717) is 5.92 Å². The lowest BCUT2D eigenvalue weighted by Crippen LogP contribution is -2.20. The van der Waals surface area contributed by atoms with E-state index < -0.39 is 0 Å². The van der Waals surface area contributed by atoms with Crippen LogP contribution in [0.5, 0.6) is 0 Å². The number of hydrogen-bond donors (Lipinski definition) is 1. The van der Waals surface area contributed by atoms with Gasteiger partial charge in [0.15, 0.2) is 0 Å². The fourth-order valence-electron chi connectivity index (χ4n) is 3.01. The van der Waals surface area contributed by atoms with E-state index in [0.717, 1.165) is 16.9 Å². The Kier molecular flexibility index (Phi) is 2.26. The van der Waals surface area contributed by atoms with Crippen molar-refractivity contribution in [3.8, 4) is 0 Å². The molecule has 0 radical (unpaired) electrons. The Bertz CT molecular complexity index is 349. The molecule has 2 heteroatoms. The fraction of sp³-hybridized carbons (Fsp3) is 0.538. The number of fused-ring (bicyclic) bond motifs is 1. The molecule has 0 aliphatic heterocycles. The van der Waals surface area contributed by atoms with Crippen LogP contribution < -0.4 is 5.73 Å². The molecular weight excluding hydrogens is 206 g/mol. The smallest absolute Gasteiger partial charge is 0.0406 e. The molecule has 2 aliphatic rings. The van der Waals surface area contributed by atoms with Gasteiger partial charge in [-0.3, -0.25) is 0 Å². The molecule has 0 saturated heterocycles. The van der Waals surface area contributed by atoms with Gasteiger partial charge in [0.05, 0.1) is 0 Å². The number of halogens is 1. The summed E-state index contributed by atoms with van der Waals surface area (Å²) in [5, 5.41) is 0.792. The van der Waals surface area contributed by atoms with E-state index in [-0.39, 0.29) is 6.04 Å². The summed E-state index contributed by atoms with van der Waals surface area (Å²) in [6, 6.07) is 8.22. The molecular formula is C13H16ClN. The van der Waals surface area contributed by atoms with Gasteiger partial charge in [0.1, 0.15) is 0 Å². The summed E-state index contributed by atoms with van der Waals surface area (Å²) in [4.78, 5) is 0. The van der Waals surface area contributed by atoms with E-state index in [4.69, 9.17) is 17.3 Å². The molecule has 0 aromatic heterocycles. The van der Waals surface area contributed by atoms with Crippen LogP contribution in [0.4, 0.5) is 0 Å². The Morgan fingerprint density at radius 2 is 1.67 bits per heavy atom. The van der Waals surface area contributed by atoms with Gasteiger partial charge in [-0.1, -0.05) is 23.7 Å². The topological polar surface area (TPSA) is 26.0 Å². The number of benzene rings is 1. The standard InChI is InChI=1S/C13H16ClN/c14-12-3-1-8(2-4-12)13(15)11-6-9-5-10(9)7-11/h1-4,9-11,13H,5-7,15H2. The van der Waals surface area contributed by atoms with E-state index >= 15 is 0 Å². The largest absolute Gasteiger partial charge is 0.324 e. The monoisotopic (exact) mass is 221 g/mol. The van der Waals surface area contributed by atoms with E-state index in [1.807, 2.05) is 12.1 Å². The van der Waals surface area contributed by atoms with E-state index in [9.17, 15) is 0 Å². The minimum absolute atomic E-state index is 0.218. The predicted molar refractivity (Wildman–Crippen MR) is 62.7 cm³/mol. The van der Waals surface area contributed by atoms with Crippen LogP contribution in [0.25, 0.3) is 0 Å². The Hall–Kier alpha value is -0.530. The summed E-state index contributed by atoms with van der Waals surface area (Å²) in [6.07, 6.45) is 4.15. The molecule has 2 fully saturated rings. The maximum atomic E-state index is 6.29. The predicted octanol–water partition coefficient (Wildman–Crippen LogP) is 3.39. The molecule has 1 nitrogen and oxygen atoms in total. The van der Waals surface area contributed by atoms with E-state index in [1.54, 1.807) is 0 Å². The van der Waals surface area contributed by atoms with Crippen molar-refractivity contribution in [1.82, 2.24) is 0 Å². The molecule has 0 amide bonds. The van der Waals surface area contributed by atoms with Crippen molar-refractivity contribution in [2.75, 3.05) is 0 Å². The van der Waals surface area contributed by atoms with Crippen LogP contribution in [0, 0.1) is 17.8 Å². The Morgan fingerprint density at radius 3 is 2.27 bits per heavy atom. The zero-order chi connectivity index (χ0) is 10.4. The van der Waals surface area contributed by atoms with Gasteiger partial charge >= 0.3 is 0 Å². The fourth-order valence-corrected chi connectivity index (χ4v) is 3.14. The third kappa shape index (κ3) is 1.79. The van der Waals surface area contributed by atoms with Crippen molar-refractivity contribution in [2.45, 2.75) is 25.3 Å². The molecule has 1 aromatic rings. The SMILES string of the molecule is NC(c1ccc(Cl)cc1)C1CC2CC2C1. The summed E-state index contributed by atoms with van der Waals surface area (Å²) in [7, 11) is 0. The molecule has 2 saturated carbocycles. The highest BCUT2D eigenvalue weighted by atomic mass is 35.5. The lowest BCUT2D eigenvalue weighted by molar-refractivity contribution is 0.404. The Labute approximate surface area is 95.6 Å². The molecule has 1 aromatic carbocycles. The molecule has 0 spiro atoms. The maximum absolute atomic E-state index is 6.29. The second-order valence-corrected chi connectivity index (χ2v) is 5.50. The Morgan fingerprint density at radius 1 is 1.07 bits per heavy atom. The average molecular weight is 222 g/mol. The molecule has 3 unspecified atom stereocenters. The maximum Gasteiger partial charge on any atom is 0.0406 e. The number of nitrogens with two attached hydrogens (primary N) is 1. The van der Waals surface area contributed by atoms with Crippen LogP contribution in [0.3, 0.4) is 0 Å². The van der Waals surface area contributed by atoms with Crippen LogP contribution in [0.15, 0.2) is 24.3 Å². The van der Waals surface area contributed by atoms with Gasteiger partial charge in [0, 0.05) is 11.1 Å². The normalized spacial score (nSPS) is 34.9. The van der Waals surface area contributed by atoms with Gasteiger partial charge in [-0.2, -0.15) is 0 Å². The van der Waals surface area contributed by atoms with Gasteiger partial charge in [0.25, 0.3) is 0 Å². The summed E-state index contributed by atoms with van der Waals surface area (Å²) < 4.78 is 0. The first kappa shape index (κ1) is 9.68. The summed E-state index contributed by atoms with van der Waals surface area (Å²) in [5.74, 6) is 2.72. The highest BCUT2D eigenvalue weighted by Crippen LogP contribution is 2.56. The molecule has 0 bridgehead atoms. The van der Waals surface area contributed by atoms with Gasteiger partial charge < -0.3 is 5.73 Å². The second kappa shape index (κ2) is 3.50. The number of hydrogen-bond acceptors (Lipinski definition) is 1. The minimum atomic E-state index is 0.218. The van der Waals surface area contributed by atoms with Gasteiger partial charge in [0.2, 0.25) is 0 Å². The summed E-state index contributed by atoms with van der Waals surface area (Å²) in [6.45, 7) is 0.